The van der Waals surface area contributed by atoms with E-state index in [1.807, 2.05) is 0 Å². The zero-order chi connectivity index (χ0) is 14.8. The molecule has 0 aromatic carbocycles. The third-order valence-corrected chi connectivity index (χ3v) is 5.34. The van der Waals surface area contributed by atoms with Crippen LogP contribution in [0.2, 0.25) is 5.15 Å². The quantitative estimate of drug-likeness (QED) is 0.762. The number of nitrogens with zero attached hydrogens (tertiary/aromatic N) is 3. The van der Waals surface area contributed by atoms with E-state index in [1.165, 1.54) is 29.6 Å². The lowest BCUT2D eigenvalue weighted by Gasteiger charge is -2.20. The summed E-state index contributed by atoms with van der Waals surface area (Å²) in [5, 5.41) is 0.252. The molecular weight excluding hydrogens is 302 g/mol. The average molecular weight is 318 g/mol. The molecule has 0 aliphatic carbocycles. The van der Waals surface area contributed by atoms with Crippen LogP contribution in [0.25, 0.3) is 0 Å². The highest BCUT2D eigenvalue weighted by Gasteiger charge is 2.27. The highest BCUT2D eigenvalue weighted by Crippen LogP contribution is 2.18. The molecule has 6 nitrogen and oxygen atoms in total. The molecule has 0 spiro atoms. The Kier molecular flexibility index (Phi) is 4.62. The maximum absolute atomic E-state index is 12.5. The van der Waals surface area contributed by atoms with Gasteiger partial charge in [0.1, 0.15) is 10.0 Å². The Morgan fingerprint density at radius 3 is 2.60 bits per heavy atom. The second kappa shape index (κ2) is 6.07. The first-order valence-electron chi connectivity index (χ1n) is 6.28. The third-order valence-electron chi connectivity index (χ3n) is 3.24. The number of rotatable bonds is 2. The largest absolute Gasteiger partial charge is 0.342 e. The van der Waals surface area contributed by atoms with E-state index in [2.05, 4.69) is 4.98 Å². The summed E-state index contributed by atoms with van der Waals surface area (Å²) in [6.07, 6.45) is 1.88. The van der Waals surface area contributed by atoms with Crippen LogP contribution in [0, 0.1) is 0 Å². The second-order valence-electron chi connectivity index (χ2n) is 4.58. The fourth-order valence-electron chi connectivity index (χ4n) is 2.11. The Morgan fingerprint density at radius 1 is 1.25 bits per heavy atom. The van der Waals surface area contributed by atoms with Gasteiger partial charge >= 0.3 is 0 Å². The van der Waals surface area contributed by atoms with E-state index in [0.717, 1.165) is 0 Å². The fourth-order valence-corrected chi connectivity index (χ4v) is 3.64. The molecule has 0 radical (unpaired) electrons. The van der Waals surface area contributed by atoms with Gasteiger partial charge in [0.2, 0.25) is 15.9 Å². The molecule has 0 atom stereocenters. The summed E-state index contributed by atoms with van der Waals surface area (Å²) in [5.74, 6) is -0.0302. The van der Waals surface area contributed by atoms with E-state index >= 15 is 0 Å². The van der Waals surface area contributed by atoms with Gasteiger partial charge in [0.15, 0.2) is 0 Å². The van der Waals surface area contributed by atoms with E-state index in [9.17, 15) is 13.2 Å². The minimum absolute atomic E-state index is 0.0302. The molecule has 110 valence electrons. The predicted molar refractivity (Wildman–Crippen MR) is 74.9 cm³/mol. The van der Waals surface area contributed by atoms with Crippen LogP contribution in [-0.4, -0.2) is 54.7 Å². The number of hydrogen-bond acceptors (Lipinski definition) is 4. The van der Waals surface area contributed by atoms with E-state index in [-0.39, 0.29) is 16.0 Å². The fraction of sp³-hybridized carbons (Fsp3) is 0.500. The van der Waals surface area contributed by atoms with E-state index in [0.29, 0.717) is 32.6 Å². The molecular formula is C12H16ClN3O3S. The number of sulfonamides is 1. The Morgan fingerprint density at radius 2 is 2.00 bits per heavy atom. The van der Waals surface area contributed by atoms with Crippen molar-refractivity contribution in [3.8, 4) is 0 Å². The maximum atomic E-state index is 12.5. The average Bonchev–Trinajstić information content (AvgIpc) is 2.65. The smallest absolute Gasteiger partial charge is 0.244 e. The SMILES string of the molecule is CC(=O)N1CCCN(S(=O)(=O)c2ccc(Cl)nc2)CC1. The highest BCUT2D eigenvalue weighted by molar-refractivity contribution is 7.89. The summed E-state index contributed by atoms with van der Waals surface area (Å²) >= 11 is 5.66. The van der Waals surface area contributed by atoms with Gasteiger partial charge in [0.05, 0.1) is 0 Å². The number of amides is 1. The molecule has 1 saturated heterocycles. The van der Waals surface area contributed by atoms with Crippen molar-refractivity contribution in [2.45, 2.75) is 18.2 Å². The number of aromatic nitrogens is 1. The molecule has 2 heterocycles. The molecule has 0 saturated carbocycles. The van der Waals surface area contributed by atoms with Gasteiger partial charge in [-0.1, -0.05) is 11.6 Å². The van der Waals surface area contributed by atoms with E-state index in [4.69, 9.17) is 11.6 Å². The van der Waals surface area contributed by atoms with Crippen molar-refractivity contribution in [2.75, 3.05) is 26.2 Å². The van der Waals surface area contributed by atoms with Crippen molar-refractivity contribution in [3.05, 3.63) is 23.5 Å². The van der Waals surface area contributed by atoms with Crippen molar-refractivity contribution < 1.29 is 13.2 Å². The summed E-state index contributed by atoms with van der Waals surface area (Å²) in [7, 11) is -3.58. The van der Waals surface area contributed by atoms with E-state index in [1.54, 1.807) is 4.90 Å². The minimum Gasteiger partial charge on any atom is -0.342 e. The topological polar surface area (TPSA) is 70.6 Å². The first-order chi connectivity index (χ1) is 9.41. The molecule has 8 heteroatoms. The lowest BCUT2D eigenvalue weighted by atomic mass is 10.4. The first kappa shape index (κ1) is 15.2. The van der Waals surface area contributed by atoms with E-state index < -0.39 is 10.0 Å². The van der Waals surface area contributed by atoms with Gasteiger partial charge in [-0.15, -0.1) is 0 Å². The van der Waals surface area contributed by atoms with Crippen LogP contribution >= 0.6 is 11.6 Å². The monoisotopic (exact) mass is 317 g/mol. The van der Waals surface area contributed by atoms with Gasteiger partial charge in [-0.3, -0.25) is 4.79 Å². The summed E-state index contributed by atoms with van der Waals surface area (Å²) in [5.41, 5.74) is 0. The normalized spacial score (nSPS) is 17.8. The summed E-state index contributed by atoms with van der Waals surface area (Å²) in [4.78, 5) is 16.9. The number of pyridine rings is 1. The van der Waals surface area contributed by atoms with Crippen LogP contribution in [0.15, 0.2) is 23.2 Å². The number of carbonyl (C=O) groups excluding carboxylic acids is 1. The number of carbonyl (C=O) groups is 1. The zero-order valence-electron chi connectivity index (χ0n) is 11.1. The molecule has 1 amide bonds. The molecule has 20 heavy (non-hydrogen) atoms. The number of hydrogen-bond donors (Lipinski definition) is 0. The Balaban J connectivity index is 2.18. The molecule has 0 bridgehead atoms. The summed E-state index contributed by atoms with van der Waals surface area (Å²) in [6, 6.07) is 2.90. The van der Waals surface area contributed by atoms with Crippen molar-refractivity contribution in [2.24, 2.45) is 0 Å². The van der Waals surface area contributed by atoms with Crippen LogP contribution in [0.5, 0.6) is 0 Å². The van der Waals surface area contributed by atoms with Crippen LogP contribution in [-0.2, 0) is 14.8 Å². The predicted octanol–water partition coefficient (Wildman–Crippen LogP) is 0.978. The molecule has 1 aromatic heterocycles. The standard InChI is InChI=1S/C12H16ClN3O3S/c1-10(17)15-5-2-6-16(8-7-15)20(18,19)11-3-4-12(13)14-9-11/h3-4,9H,2,5-8H2,1H3. The van der Waals surface area contributed by atoms with Gasteiger partial charge in [-0.05, 0) is 18.6 Å². The lowest BCUT2D eigenvalue weighted by Crippen LogP contribution is -2.36. The zero-order valence-corrected chi connectivity index (χ0v) is 12.7. The first-order valence-corrected chi connectivity index (χ1v) is 8.10. The minimum atomic E-state index is -3.58. The Hall–Kier alpha value is -1.18. The molecule has 1 aliphatic rings. The van der Waals surface area contributed by atoms with Crippen molar-refractivity contribution in [1.82, 2.24) is 14.2 Å². The Bertz CT molecular complexity index is 588. The summed E-state index contributed by atoms with van der Waals surface area (Å²) < 4.78 is 26.3. The van der Waals surface area contributed by atoms with Gasteiger partial charge in [-0.2, -0.15) is 4.31 Å². The van der Waals surface area contributed by atoms with Gasteiger partial charge < -0.3 is 4.90 Å². The van der Waals surface area contributed by atoms with Crippen molar-refractivity contribution in [1.29, 1.82) is 0 Å². The third kappa shape index (κ3) is 3.28. The van der Waals surface area contributed by atoms with Crippen LogP contribution in [0.3, 0.4) is 0 Å². The van der Waals surface area contributed by atoms with Crippen LogP contribution < -0.4 is 0 Å². The van der Waals surface area contributed by atoms with Crippen molar-refractivity contribution in [3.63, 3.8) is 0 Å². The molecule has 1 aliphatic heterocycles. The molecule has 0 N–H and O–H groups in total. The number of halogens is 1. The van der Waals surface area contributed by atoms with Crippen molar-refractivity contribution >= 4 is 27.5 Å². The maximum Gasteiger partial charge on any atom is 0.244 e. The van der Waals surface area contributed by atoms with Gasteiger partial charge in [-0.25, -0.2) is 13.4 Å². The summed E-state index contributed by atoms with van der Waals surface area (Å²) in [6.45, 7) is 3.18. The highest BCUT2D eigenvalue weighted by atomic mass is 35.5. The van der Waals surface area contributed by atoms with Gasteiger partial charge in [0.25, 0.3) is 0 Å². The van der Waals surface area contributed by atoms with Crippen LogP contribution in [0.1, 0.15) is 13.3 Å². The molecule has 0 unspecified atom stereocenters. The van der Waals surface area contributed by atoms with Crippen LogP contribution in [0.4, 0.5) is 0 Å². The molecule has 1 aromatic rings. The Labute approximate surface area is 123 Å². The lowest BCUT2D eigenvalue weighted by molar-refractivity contribution is -0.128. The second-order valence-corrected chi connectivity index (χ2v) is 6.91. The molecule has 2 rings (SSSR count). The van der Waals surface area contributed by atoms with Gasteiger partial charge in [0, 0.05) is 39.3 Å². The molecule has 1 fully saturated rings.